The molecule has 36 heavy (non-hydrogen) atoms. The average molecular weight is 515 g/mol. The molecule has 1 N–H and O–H groups in total. The minimum Gasteiger partial charge on any atom is -0.352 e. The minimum absolute atomic E-state index is 0.110. The zero-order valence-corrected chi connectivity index (χ0v) is 22.5. The van der Waals surface area contributed by atoms with Crippen LogP contribution in [0, 0.1) is 6.92 Å². The van der Waals surface area contributed by atoms with Crippen LogP contribution in [0.25, 0.3) is 0 Å². The van der Waals surface area contributed by atoms with Gasteiger partial charge in [0.15, 0.2) is 0 Å². The van der Waals surface area contributed by atoms with Crippen LogP contribution in [-0.4, -0.2) is 62.2 Å². The van der Waals surface area contributed by atoms with Gasteiger partial charge in [0.1, 0.15) is 12.6 Å². The number of carbonyl (C=O) groups is 2. The Balaban J connectivity index is 1.90. The molecule has 0 bridgehead atoms. The highest BCUT2D eigenvalue weighted by molar-refractivity contribution is 7.90. The molecule has 1 aliphatic carbocycles. The van der Waals surface area contributed by atoms with Crippen molar-refractivity contribution in [2.75, 3.05) is 24.9 Å². The van der Waals surface area contributed by atoms with Crippen LogP contribution in [0.1, 0.15) is 50.2 Å². The van der Waals surface area contributed by atoms with Gasteiger partial charge >= 0.3 is 10.2 Å². The molecule has 0 aromatic heterocycles. The minimum atomic E-state index is -3.95. The summed E-state index contributed by atoms with van der Waals surface area (Å²) in [5, 5.41) is 3.11. The Morgan fingerprint density at radius 1 is 0.972 bits per heavy atom. The van der Waals surface area contributed by atoms with Gasteiger partial charge in [-0.05, 0) is 49.9 Å². The van der Waals surface area contributed by atoms with E-state index in [0.29, 0.717) is 5.69 Å². The van der Waals surface area contributed by atoms with Gasteiger partial charge in [-0.1, -0.05) is 61.7 Å². The van der Waals surface area contributed by atoms with E-state index in [2.05, 4.69) is 5.32 Å². The summed E-state index contributed by atoms with van der Waals surface area (Å²) in [6.45, 7) is 3.45. The number of para-hydroxylation sites is 1. The summed E-state index contributed by atoms with van der Waals surface area (Å²) in [7, 11) is -1.09. The summed E-state index contributed by atoms with van der Waals surface area (Å²) in [6.07, 6.45) is 5.22. The number of nitrogens with zero attached hydrogens (tertiary/aromatic N) is 3. The van der Waals surface area contributed by atoms with Gasteiger partial charge in [-0.2, -0.15) is 12.7 Å². The molecule has 1 fully saturated rings. The molecule has 1 aliphatic rings. The first-order chi connectivity index (χ1) is 17.1. The molecule has 1 saturated carbocycles. The predicted molar refractivity (Wildman–Crippen MR) is 143 cm³/mol. The Morgan fingerprint density at radius 3 is 2.19 bits per heavy atom. The molecule has 1 unspecified atom stereocenters. The molecular weight excluding hydrogens is 476 g/mol. The fraction of sp³-hybridized carbons (Fsp3) is 0.481. The molecule has 3 rings (SSSR count). The van der Waals surface area contributed by atoms with E-state index in [9.17, 15) is 18.0 Å². The fourth-order valence-electron chi connectivity index (χ4n) is 4.43. The van der Waals surface area contributed by atoms with Gasteiger partial charge in [-0.25, -0.2) is 4.31 Å². The first-order valence-electron chi connectivity index (χ1n) is 12.5. The van der Waals surface area contributed by atoms with E-state index in [-0.39, 0.29) is 18.5 Å². The molecular formula is C27H38N4O4S. The standard InChI is InChI=1S/C27H38N4O4S/c1-21-13-11-12-14-23(21)19-30(22(2)27(33)28-24-15-7-5-8-16-24)26(32)20-31(36(34,35)29(3)4)25-17-9-6-10-18-25/h6,9-14,17-18,22,24H,5,7-8,15-16,19-20H2,1-4H3,(H,28,33). The summed E-state index contributed by atoms with van der Waals surface area (Å²) < 4.78 is 28.5. The van der Waals surface area contributed by atoms with Crippen LogP contribution in [0.5, 0.6) is 0 Å². The number of rotatable bonds is 10. The smallest absolute Gasteiger partial charge is 0.304 e. The SMILES string of the molecule is Cc1ccccc1CN(C(=O)CN(c1ccccc1)S(=O)(=O)N(C)C)C(C)C(=O)NC1CCCCC1. The highest BCUT2D eigenvalue weighted by Gasteiger charge is 2.33. The molecule has 2 aromatic rings. The third-order valence-corrected chi connectivity index (χ3v) is 8.60. The van der Waals surface area contributed by atoms with Crippen molar-refractivity contribution in [3.8, 4) is 0 Å². The van der Waals surface area contributed by atoms with E-state index >= 15 is 0 Å². The third-order valence-electron chi connectivity index (χ3n) is 6.78. The van der Waals surface area contributed by atoms with Gasteiger partial charge in [-0.3, -0.25) is 9.59 Å². The van der Waals surface area contributed by atoms with Crippen molar-refractivity contribution < 1.29 is 18.0 Å². The fourth-order valence-corrected chi connectivity index (χ4v) is 5.49. The molecule has 8 nitrogen and oxygen atoms in total. The van der Waals surface area contributed by atoms with E-state index in [1.807, 2.05) is 31.2 Å². The first kappa shape index (κ1) is 27.7. The van der Waals surface area contributed by atoms with Gasteiger partial charge in [0.25, 0.3) is 0 Å². The Morgan fingerprint density at radius 2 is 1.58 bits per heavy atom. The van der Waals surface area contributed by atoms with Crippen LogP contribution < -0.4 is 9.62 Å². The van der Waals surface area contributed by atoms with Gasteiger partial charge in [0.05, 0.1) is 5.69 Å². The maximum absolute atomic E-state index is 13.8. The summed E-state index contributed by atoms with van der Waals surface area (Å²) in [5.74, 6) is -0.663. The molecule has 0 aliphatic heterocycles. The van der Waals surface area contributed by atoms with Crippen molar-refractivity contribution in [2.45, 2.75) is 64.6 Å². The number of benzene rings is 2. The van der Waals surface area contributed by atoms with Crippen LogP contribution in [0.3, 0.4) is 0 Å². The molecule has 9 heteroatoms. The monoisotopic (exact) mass is 514 g/mol. The van der Waals surface area contributed by atoms with E-state index in [1.165, 1.54) is 25.4 Å². The van der Waals surface area contributed by atoms with Crippen molar-refractivity contribution >= 4 is 27.7 Å². The quantitative estimate of drug-likeness (QED) is 0.526. The van der Waals surface area contributed by atoms with E-state index in [4.69, 9.17) is 0 Å². The maximum Gasteiger partial charge on any atom is 0.304 e. The topological polar surface area (TPSA) is 90.0 Å². The summed E-state index contributed by atoms with van der Waals surface area (Å²) in [6, 6.07) is 15.6. The van der Waals surface area contributed by atoms with Gasteiger partial charge in [0, 0.05) is 26.7 Å². The zero-order chi connectivity index (χ0) is 26.3. The Hall–Kier alpha value is -2.91. The Bertz CT molecular complexity index is 1130. The average Bonchev–Trinajstić information content (AvgIpc) is 2.87. The predicted octanol–water partition coefficient (Wildman–Crippen LogP) is 3.47. The number of carbonyl (C=O) groups excluding carboxylic acids is 2. The third kappa shape index (κ3) is 6.85. The van der Waals surface area contributed by atoms with Gasteiger partial charge < -0.3 is 10.2 Å². The summed E-state index contributed by atoms with van der Waals surface area (Å²) >= 11 is 0. The second kappa shape index (κ2) is 12.4. The highest BCUT2D eigenvalue weighted by atomic mass is 32.2. The lowest BCUT2D eigenvalue weighted by Crippen LogP contribution is -2.53. The van der Waals surface area contributed by atoms with Crippen molar-refractivity contribution in [3.05, 3.63) is 65.7 Å². The van der Waals surface area contributed by atoms with E-state index in [0.717, 1.165) is 45.4 Å². The lowest BCUT2D eigenvalue weighted by atomic mass is 9.95. The molecule has 0 radical (unpaired) electrons. The van der Waals surface area contributed by atoms with Crippen molar-refractivity contribution in [3.63, 3.8) is 0 Å². The normalized spacial score (nSPS) is 15.4. The largest absolute Gasteiger partial charge is 0.352 e. The van der Waals surface area contributed by atoms with Gasteiger partial charge in [-0.15, -0.1) is 0 Å². The number of nitrogens with one attached hydrogen (secondary N) is 1. The molecule has 0 heterocycles. The molecule has 2 aromatic carbocycles. The Kier molecular flexibility index (Phi) is 9.50. The van der Waals surface area contributed by atoms with Crippen LogP contribution >= 0.6 is 0 Å². The number of aryl methyl sites for hydroxylation is 1. The Labute approximate surface area is 215 Å². The number of hydrogen-bond acceptors (Lipinski definition) is 4. The zero-order valence-electron chi connectivity index (χ0n) is 21.7. The van der Waals surface area contributed by atoms with Crippen LogP contribution in [0.15, 0.2) is 54.6 Å². The second-order valence-corrected chi connectivity index (χ2v) is 11.7. The lowest BCUT2D eigenvalue weighted by molar-refractivity contribution is -0.139. The van der Waals surface area contributed by atoms with E-state index < -0.39 is 28.7 Å². The van der Waals surface area contributed by atoms with Crippen LogP contribution in [0.4, 0.5) is 5.69 Å². The summed E-state index contributed by atoms with van der Waals surface area (Å²) in [5.41, 5.74) is 2.29. The van der Waals surface area contributed by atoms with E-state index in [1.54, 1.807) is 37.3 Å². The summed E-state index contributed by atoms with van der Waals surface area (Å²) in [4.78, 5) is 28.5. The van der Waals surface area contributed by atoms with Gasteiger partial charge in [0.2, 0.25) is 11.8 Å². The second-order valence-electron chi connectivity index (χ2n) is 9.60. The molecule has 2 amide bonds. The van der Waals surface area contributed by atoms with Crippen LogP contribution in [-0.2, 0) is 26.3 Å². The number of anilines is 1. The lowest BCUT2D eigenvalue weighted by Gasteiger charge is -2.34. The number of hydrogen-bond donors (Lipinski definition) is 1. The van der Waals surface area contributed by atoms with Crippen LogP contribution in [0.2, 0.25) is 0 Å². The maximum atomic E-state index is 13.8. The molecule has 1 atom stereocenters. The highest BCUT2D eigenvalue weighted by Crippen LogP contribution is 2.22. The number of amides is 2. The molecule has 196 valence electrons. The molecule has 0 saturated heterocycles. The van der Waals surface area contributed by atoms with Crippen molar-refractivity contribution in [2.24, 2.45) is 0 Å². The first-order valence-corrected chi connectivity index (χ1v) is 13.9. The molecule has 0 spiro atoms. The van der Waals surface area contributed by atoms with Crippen molar-refractivity contribution in [1.82, 2.24) is 14.5 Å². The van der Waals surface area contributed by atoms with Crippen molar-refractivity contribution in [1.29, 1.82) is 0 Å².